The van der Waals surface area contributed by atoms with Crippen LogP contribution < -0.4 is 0 Å². The van der Waals surface area contributed by atoms with Crippen LogP contribution in [-0.4, -0.2) is 26.4 Å². The number of carbonyl (C=O) groups is 2. The number of aromatic nitrogens is 2. The Kier molecular flexibility index (Phi) is 8.93. The molecule has 33 heavy (non-hydrogen) atoms. The number of halogens is 2. The molecule has 2 aromatic heterocycles. The number of aliphatic carboxylic acids is 1. The SMILES string of the molecule is C[C@H](CC(=O)O)CC(=O)c1c(CCCCCCc2cccc(Cl)c2)n(C)c2ncc(Cl)cc12. The van der Waals surface area contributed by atoms with Crippen LogP contribution in [0.4, 0.5) is 0 Å². The Hall–Kier alpha value is -2.37. The average Bonchev–Trinajstić information content (AvgIpc) is 3.01. The smallest absolute Gasteiger partial charge is 0.303 e. The molecule has 0 radical (unpaired) electrons. The Bertz CT molecular complexity index is 1140. The Morgan fingerprint density at radius 3 is 2.45 bits per heavy atom. The highest BCUT2D eigenvalue weighted by Gasteiger charge is 2.24. The fourth-order valence-electron chi connectivity index (χ4n) is 4.39. The maximum atomic E-state index is 13.2. The predicted molar refractivity (Wildman–Crippen MR) is 133 cm³/mol. The van der Waals surface area contributed by atoms with E-state index in [9.17, 15) is 9.59 Å². The first-order valence-electron chi connectivity index (χ1n) is 11.4. The lowest BCUT2D eigenvalue weighted by molar-refractivity contribution is -0.137. The van der Waals surface area contributed by atoms with E-state index in [1.54, 1.807) is 19.2 Å². The van der Waals surface area contributed by atoms with Gasteiger partial charge in [0.05, 0.1) is 5.02 Å². The molecule has 1 atom stereocenters. The van der Waals surface area contributed by atoms with Crippen molar-refractivity contribution < 1.29 is 14.7 Å². The van der Waals surface area contributed by atoms with Crippen LogP contribution >= 0.6 is 23.2 Å². The normalized spacial score (nSPS) is 12.2. The second kappa shape index (κ2) is 11.7. The number of pyridine rings is 1. The van der Waals surface area contributed by atoms with Crippen molar-refractivity contribution in [3.63, 3.8) is 0 Å². The summed E-state index contributed by atoms with van der Waals surface area (Å²) < 4.78 is 1.98. The maximum Gasteiger partial charge on any atom is 0.303 e. The van der Waals surface area contributed by atoms with Gasteiger partial charge in [-0.1, -0.05) is 55.1 Å². The molecule has 176 valence electrons. The highest BCUT2D eigenvalue weighted by Crippen LogP contribution is 2.30. The fourth-order valence-corrected chi connectivity index (χ4v) is 4.77. The highest BCUT2D eigenvalue weighted by molar-refractivity contribution is 6.31. The number of carboxylic acid groups (broad SMARTS) is 1. The zero-order valence-electron chi connectivity index (χ0n) is 19.1. The second-order valence-electron chi connectivity index (χ2n) is 8.78. The minimum absolute atomic E-state index is 0.0303. The Balaban J connectivity index is 1.68. The summed E-state index contributed by atoms with van der Waals surface area (Å²) in [6.07, 6.45) is 7.70. The van der Waals surface area contributed by atoms with Crippen molar-refractivity contribution in [2.75, 3.05) is 0 Å². The van der Waals surface area contributed by atoms with Gasteiger partial charge in [0.2, 0.25) is 0 Å². The molecule has 0 spiro atoms. The van der Waals surface area contributed by atoms with Gasteiger partial charge in [0, 0.05) is 47.8 Å². The van der Waals surface area contributed by atoms with Crippen molar-refractivity contribution in [1.29, 1.82) is 0 Å². The molecule has 7 heteroatoms. The standard InChI is InChI=1S/C26H30Cl2N2O3/c1-17(13-24(32)33)12-23(31)25-21-15-20(28)16-29-26(21)30(2)22(25)11-6-4-3-5-8-18-9-7-10-19(27)14-18/h7,9-10,14-17H,3-6,8,11-13H2,1-2H3,(H,32,33)/t17-/m0/s1. The molecule has 1 N–H and O–H groups in total. The number of ketones is 1. The van der Waals surface area contributed by atoms with Crippen LogP contribution in [0.3, 0.4) is 0 Å². The number of carboxylic acids is 1. The summed E-state index contributed by atoms with van der Waals surface area (Å²) in [7, 11) is 1.93. The molecule has 0 aliphatic rings. The van der Waals surface area contributed by atoms with Gasteiger partial charge >= 0.3 is 5.97 Å². The number of hydrogen-bond donors (Lipinski definition) is 1. The lowest BCUT2D eigenvalue weighted by atomic mass is 9.94. The van der Waals surface area contributed by atoms with Crippen molar-refractivity contribution in [2.45, 2.75) is 58.3 Å². The molecule has 0 saturated heterocycles. The minimum atomic E-state index is -0.893. The van der Waals surface area contributed by atoms with Crippen molar-refractivity contribution >= 4 is 46.0 Å². The van der Waals surface area contributed by atoms with E-state index in [4.69, 9.17) is 28.3 Å². The molecule has 3 aromatic rings. The third-order valence-corrected chi connectivity index (χ3v) is 6.41. The van der Waals surface area contributed by atoms with Crippen LogP contribution in [0.5, 0.6) is 0 Å². The molecule has 0 amide bonds. The van der Waals surface area contributed by atoms with E-state index in [0.717, 1.165) is 60.3 Å². The van der Waals surface area contributed by atoms with E-state index in [1.165, 1.54) is 5.56 Å². The van der Waals surface area contributed by atoms with E-state index in [1.807, 2.05) is 29.8 Å². The van der Waals surface area contributed by atoms with Crippen LogP contribution in [0.2, 0.25) is 10.0 Å². The Labute approximate surface area is 204 Å². The predicted octanol–water partition coefficient (Wildman–Crippen LogP) is 6.91. The number of rotatable bonds is 12. The molecule has 2 heterocycles. The molecule has 0 fully saturated rings. The number of fused-ring (bicyclic) bond motifs is 1. The second-order valence-corrected chi connectivity index (χ2v) is 9.65. The summed E-state index contributed by atoms with van der Waals surface area (Å²) in [6, 6.07) is 9.76. The summed E-state index contributed by atoms with van der Waals surface area (Å²) in [5.41, 5.74) is 3.56. The van der Waals surface area contributed by atoms with Crippen LogP contribution in [-0.2, 0) is 24.7 Å². The largest absolute Gasteiger partial charge is 0.481 e. The van der Waals surface area contributed by atoms with E-state index in [2.05, 4.69) is 11.1 Å². The summed E-state index contributed by atoms with van der Waals surface area (Å²) >= 11 is 12.2. The Morgan fingerprint density at radius 1 is 1.03 bits per heavy atom. The monoisotopic (exact) mass is 488 g/mol. The van der Waals surface area contributed by atoms with Gasteiger partial charge in [-0.25, -0.2) is 4.98 Å². The minimum Gasteiger partial charge on any atom is -0.481 e. The number of nitrogens with zero attached hydrogens (tertiary/aromatic N) is 2. The number of unbranched alkanes of at least 4 members (excludes halogenated alkanes) is 3. The zero-order valence-corrected chi connectivity index (χ0v) is 20.6. The van der Waals surface area contributed by atoms with Gasteiger partial charge < -0.3 is 9.67 Å². The van der Waals surface area contributed by atoms with E-state index < -0.39 is 5.97 Å². The molecule has 1 aromatic carbocycles. The van der Waals surface area contributed by atoms with Crippen LogP contribution in [0, 0.1) is 5.92 Å². The van der Waals surface area contributed by atoms with Gasteiger partial charge in [-0.05, 0) is 55.4 Å². The highest BCUT2D eigenvalue weighted by atomic mass is 35.5. The third kappa shape index (κ3) is 6.81. The summed E-state index contributed by atoms with van der Waals surface area (Å²) in [5, 5.41) is 11.1. The molecule has 5 nitrogen and oxygen atoms in total. The molecule has 0 aliphatic carbocycles. The molecule has 0 saturated carbocycles. The van der Waals surface area contributed by atoms with Crippen molar-refractivity contribution in [3.8, 4) is 0 Å². The van der Waals surface area contributed by atoms with Gasteiger partial charge in [0.25, 0.3) is 0 Å². The fraction of sp³-hybridized carbons (Fsp3) is 0.423. The number of aryl methyl sites for hydroxylation is 2. The molecule has 0 unspecified atom stereocenters. The number of Topliss-reactive ketones (excluding diaryl/α,β-unsaturated/α-hetero) is 1. The number of hydrogen-bond acceptors (Lipinski definition) is 3. The third-order valence-electron chi connectivity index (χ3n) is 5.97. The molecule has 0 aliphatic heterocycles. The molecule has 0 bridgehead atoms. The van der Waals surface area contributed by atoms with Crippen LogP contribution in [0.1, 0.15) is 67.1 Å². The van der Waals surface area contributed by atoms with Crippen molar-refractivity contribution in [2.24, 2.45) is 13.0 Å². The molecule has 3 rings (SSSR count). The summed E-state index contributed by atoms with van der Waals surface area (Å²) in [6.45, 7) is 1.79. The lowest BCUT2D eigenvalue weighted by Gasteiger charge is -2.10. The Morgan fingerprint density at radius 2 is 1.76 bits per heavy atom. The quantitative estimate of drug-likeness (QED) is 0.222. The molecular formula is C26H30Cl2N2O3. The van der Waals surface area contributed by atoms with E-state index in [0.29, 0.717) is 10.6 Å². The number of benzene rings is 1. The van der Waals surface area contributed by atoms with Crippen LogP contribution in [0.25, 0.3) is 11.0 Å². The van der Waals surface area contributed by atoms with Crippen molar-refractivity contribution in [1.82, 2.24) is 9.55 Å². The van der Waals surface area contributed by atoms with Gasteiger partial charge in [0.1, 0.15) is 5.65 Å². The van der Waals surface area contributed by atoms with Gasteiger partial charge in [-0.15, -0.1) is 0 Å². The van der Waals surface area contributed by atoms with Gasteiger partial charge in [0.15, 0.2) is 5.78 Å². The van der Waals surface area contributed by atoms with Crippen LogP contribution in [0.15, 0.2) is 36.5 Å². The lowest BCUT2D eigenvalue weighted by Crippen LogP contribution is -2.12. The molecular weight excluding hydrogens is 459 g/mol. The van der Waals surface area contributed by atoms with Gasteiger partial charge in [-0.2, -0.15) is 0 Å². The van der Waals surface area contributed by atoms with Gasteiger partial charge in [-0.3, -0.25) is 9.59 Å². The zero-order chi connectivity index (χ0) is 24.0. The maximum absolute atomic E-state index is 13.2. The average molecular weight is 489 g/mol. The first kappa shape index (κ1) is 25.3. The summed E-state index contributed by atoms with van der Waals surface area (Å²) in [4.78, 5) is 28.7. The van der Waals surface area contributed by atoms with E-state index in [-0.39, 0.29) is 24.5 Å². The van der Waals surface area contributed by atoms with E-state index >= 15 is 0 Å². The summed E-state index contributed by atoms with van der Waals surface area (Å²) in [5.74, 6) is -1.18. The first-order valence-corrected chi connectivity index (χ1v) is 12.1. The number of carbonyl (C=O) groups excluding carboxylic acids is 1. The first-order chi connectivity index (χ1) is 15.8. The topological polar surface area (TPSA) is 72.2 Å². The van der Waals surface area contributed by atoms with Crippen molar-refractivity contribution in [3.05, 3.63) is 63.4 Å².